The first-order valence-corrected chi connectivity index (χ1v) is 6.17. The molecular weight excluding hydrogens is 226 g/mol. The van der Waals surface area contributed by atoms with Gasteiger partial charge in [0.05, 0.1) is 18.5 Å². The quantitative estimate of drug-likeness (QED) is 0.573. The molecule has 0 aromatic rings. The normalized spacial score (nSPS) is 11.9. The van der Waals surface area contributed by atoms with Crippen LogP contribution in [0.5, 0.6) is 0 Å². The van der Waals surface area contributed by atoms with Crippen LogP contribution in [-0.4, -0.2) is 58.3 Å². The van der Waals surface area contributed by atoms with E-state index in [1.165, 1.54) is 11.8 Å². The van der Waals surface area contributed by atoms with Gasteiger partial charge < -0.3 is 15.1 Å². The zero-order chi connectivity index (χ0) is 12.4. The van der Waals surface area contributed by atoms with E-state index in [0.717, 1.165) is 0 Å². The molecule has 0 aliphatic carbocycles. The fourth-order valence-electron chi connectivity index (χ4n) is 1.02. The molecule has 0 aromatic carbocycles. The molecule has 5 heteroatoms. The molecule has 0 heterocycles. The van der Waals surface area contributed by atoms with Gasteiger partial charge in [0.15, 0.2) is 0 Å². The van der Waals surface area contributed by atoms with E-state index in [1.807, 2.05) is 0 Å². The van der Waals surface area contributed by atoms with Crippen molar-refractivity contribution in [2.75, 3.05) is 31.2 Å². The maximum absolute atomic E-state index is 11.7. The molecule has 0 saturated carbocycles. The lowest BCUT2D eigenvalue weighted by Crippen LogP contribution is -2.33. The highest BCUT2D eigenvalue weighted by molar-refractivity contribution is 7.99. The Morgan fingerprint density at radius 3 is 2.38 bits per heavy atom. The summed E-state index contributed by atoms with van der Waals surface area (Å²) in [4.78, 5) is 13.3. The first-order valence-electron chi connectivity index (χ1n) is 5.02. The Morgan fingerprint density at radius 2 is 1.94 bits per heavy atom. The maximum atomic E-state index is 11.7. The second-order valence-corrected chi connectivity index (χ2v) is 4.26. The topological polar surface area (TPSA) is 60.8 Å². The second-order valence-electron chi connectivity index (χ2n) is 3.23. The van der Waals surface area contributed by atoms with Crippen LogP contribution in [0.25, 0.3) is 0 Å². The number of hydrogen-bond donors (Lipinski definition) is 2. The lowest BCUT2D eigenvalue weighted by Gasteiger charge is -2.19. The fourth-order valence-corrected chi connectivity index (χ4v) is 1.87. The number of aliphatic hydroxyl groups excluding tert-OH is 2. The van der Waals surface area contributed by atoms with Gasteiger partial charge in [0.25, 0.3) is 0 Å². The molecule has 0 saturated heterocycles. The van der Waals surface area contributed by atoms with Crippen LogP contribution in [0.4, 0.5) is 0 Å². The number of carbonyl (C=O) groups is 1. The average molecular weight is 245 g/mol. The predicted octanol–water partition coefficient (Wildman–Crippen LogP) is 0.273. The number of thioether (sulfide) groups is 1. The molecule has 92 valence electrons. The summed E-state index contributed by atoms with van der Waals surface area (Å²) < 4.78 is 0. The van der Waals surface area contributed by atoms with E-state index in [-0.39, 0.29) is 12.5 Å². The summed E-state index contributed by atoms with van der Waals surface area (Å²) in [6, 6.07) is 0. The van der Waals surface area contributed by atoms with Crippen molar-refractivity contribution in [1.82, 2.24) is 4.90 Å². The number of carbonyl (C=O) groups excluding carboxylic acids is 1. The van der Waals surface area contributed by atoms with Crippen molar-refractivity contribution in [2.24, 2.45) is 0 Å². The van der Waals surface area contributed by atoms with Gasteiger partial charge >= 0.3 is 0 Å². The van der Waals surface area contributed by atoms with Crippen LogP contribution in [0.2, 0.25) is 0 Å². The molecule has 16 heavy (non-hydrogen) atoms. The zero-order valence-electron chi connectivity index (χ0n) is 9.34. The van der Waals surface area contributed by atoms with Crippen LogP contribution < -0.4 is 0 Å². The van der Waals surface area contributed by atoms with Gasteiger partial charge in [-0.15, -0.1) is 24.9 Å². The summed E-state index contributed by atoms with van der Waals surface area (Å²) in [7, 11) is 0. The lowest BCUT2D eigenvalue weighted by molar-refractivity contribution is -0.127. The third-order valence-corrected chi connectivity index (χ3v) is 2.87. The molecule has 1 unspecified atom stereocenters. The lowest BCUT2D eigenvalue weighted by atomic mass is 10.4. The van der Waals surface area contributed by atoms with Crippen molar-refractivity contribution < 1.29 is 15.0 Å². The minimum Gasteiger partial charge on any atom is -0.394 e. The summed E-state index contributed by atoms with van der Waals surface area (Å²) in [5, 5.41) is 17.7. The molecule has 0 radical (unpaired) electrons. The molecule has 0 aliphatic heterocycles. The second kappa shape index (κ2) is 9.45. The largest absolute Gasteiger partial charge is 0.394 e. The van der Waals surface area contributed by atoms with Crippen LogP contribution in [0.15, 0.2) is 25.3 Å². The highest BCUT2D eigenvalue weighted by Gasteiger charge is 2.11. The van der Waals surface area contributed by atoms with Crippen LogP contribution in [-0.2, 0) is 4.79 Å². The van der Waals surface area contributed by atoms with Gasteiger partial charge in [0.2, 0.25) is 5.91 Å². The highest BCUT2D eigenvalue weighted by atomic mass is 32.2. The Bertz CT molecular complexity index is 223. The molecule has 0 spiro atoms. The average Bonchev–Trinajstić information content (AvgIpc) is 2.28. The van der Waals surface area contributed by atoms with E-state index in [2.05, 4.69) is 13.2 Å². The number of amides is 1. The number of aliphatic hydroxyl groups is 2. The Morgan fingerprint density at radius 1 is 1.38 bits per heavy atom. The van der Waals surface area contributed by atoms with Crippen LogP contribution in [0, 0.1) is 0 Å². The molecule has 0 rings (SSSR count). The summed E-state index contributed by atoms with van der Waals surface area (Å²) in [6.45, 7) is 7.87. The summed E-state index contributed by atoms with van der Waals surface area (Å²) in [5.74, 6) is 0.631. The third kappa shape index (κ3) is 6.66. The van der Waals surface area contributed by atoms with E-state index < -0.39 is 6.10 Å². The molecule has 1 amide bonds. The molecule has 0 aliphatic rings. The summed E-state index contributed by atoms with van der Waals surface area (Å²) >= 11 is 1.30. The highest BCUT2D eigenvalue weighted by Crippen LogP contribution is 2.05. The molecule has 1 atom stereocenters. The van der Waals surface area contributed by atoms with Gasteiger partial charge in [-0.05, 0) is 0 Å². The number of nitrogens with zero attached hydrogens (tertiary/aromatic N) is 1. The van der Waals surface area contributed by atoms with Crippen LogP contribution in [0.3, 0.4) is 0 Å². The Labute approximate surface area is 101 Å². The Balaban J connectivity index is 3.90. The minimum atomic E-state index is -0.759. The first kappa shape index (κ1) is 15.2. The van der Waals surface area contributed by atoms with Crippen molar-refractivity contribution in [3.05, 3.63) is 25.3 Å². The molecule has 4 nitrogen and oxygen atoms in total. The minimum absolute atomic E-state index is 0.0186. The van der Waals surface area contributed by atoms with Crippen molar-refractivity contribution in [2.45, 2.75) is 6.10 Å². The standard InChI is InChI=1S/C11H19NO3S/c1-3-5-12(6-4-2)11(15)9-16-8-10(14)7-13/h3-4,10,13-14H,1-2,5-9H2. The van der Waals surface area contributed by atoms with E-state index in [1.54, 1.807) is 17.1 Å². The molecule has 0 aromatic heterocycles. The van der Waals surface area contributed by atoms with Crippen molar-refractivity contribution in [1.29, 1.82) is 0 Å². The number of rotatable bonds is 9. The zero-order valence-corrected chi connectivity index (χ0v) is 10.2. The fraction of sp³-hybridized carbons (Fsp3) is 0.545. The Kier molecular flexibility index (Phi) is 8.99. The van der Waals surface area contributed by atoms with Crippen molar-refractivity contribution >= 4 is 17.7 Å². The SMILES string of the molecule is C=CCN(CC=C)C(=O)CSCC(O)CO. The van der Waals surface area contributed by atoms with E-state index in [9.17, 15) is 4.79 Å². The Hall–Kier alpha value is -0.780. The van der Waals surface area contributed by atoms with Gasteiger partial charge in [-0.2, -0.15) is 0 Å². The molecule has 2 N–H and O–H groups in total. The van der Waals surface area contributed by atoms with Crippen LogP contribution >= 0.6 is 11.8 Å². The summed E-state index contributed by atoms with van der Waals surface area (Å²) in [5.41, 5.74) is 0. The van der Waals surface area contributed by atoms with E-state index in [4.69, 9.17) is 10.2 Å². The predicted molar refractivity (Wildman–Crippen MR) is 67.4 cm³/mol. The monoisotopic (exact) mass is 245 g/mol. The van der Waals surface area contributed by atoms with Crippen LogP contribution in [0.1, 0.15) is 0 Å². The van der Waals surface area contributed by atoms with E-state index >= 15 is 0 Å². The molecular formula is C11H19NO3S. The van der Waals surface area contributed by atoms with Crippen molar-refractivity contribution in [3.63, 3.8) is 0 Å². The third-order valence-electron chi connectivity index (χ3n) is 1.80. The summed E-state index contributed by atoms with van der Waals surface area (Å²) in [6.07, 6.45) is 2.56. The molecule has 0 bridgehead atoms. The first-order chi connectivity index (χ1) is 7.65. The van der Waals surface area contributed by atoms with Gasteiger partial charge in [0, 0.05) is 18.8 Å². The van der Waals surface area contributed by atoms with E-state index in [0.29, 0.717) is 24.6 Å². The maximum Gasteiger partial charge on any atom is 0.233 e. The van der Waals surface area contributed by atoms with Gasteiger partial charge in [-0.3, -0.25) is 4.79 Å². The van der Waals surface area contributed by atoms with Gasteiger partial charge in [-0.25, -0.2) is 0 Å². The van der Waals surface area contributed by atoms with Gasteiger partial charge in [-0.1, -0.05) is 12.2 Å². The smallest absolute Gasteiger partial charge is 0.233 e. The van der Waals surface area contributed by atoms with Crippen molar-refractivity contribution in [3.8, 4) is 0 Å². The molecule has 0 fully saturated rings. The number of hydrogen-bond acceptors (Lipinski definition) is 4. The van der Waals surface area contributed by atoms with Gasteiger partial charge in [0.1, 0.15) is 0 Å².